The van der Waals surface area contributed by atoms with Crippen LogP contribution in [0.15, 0.2) is 36.5 Å². The Labute approximate surface area is 160 Å². The minimum absolute atomic E-state index is 0. The molecule has 2 heteroatoms. The zero-order valence-corrected chi connectivity index (χ0v) is 17.0. The van der Waals surface area contributed by atoms with E-state index < -0.39 is 0 Å². The van der Waals surface area contributed by atoms with Gasteiger partial charge in [0.15, 0.2) is 0 Å². The van der Waals surface area contributed by atoms with Crippen molar-refractivity contribution in [3.05, 3.63) is 43.4 Å². The fourth-order valence-electron chi connectivity index (χ4n) is 1.93. The van der Waals surface area contributed by atoms with Crippen molar-refractivity contribution < 1.29 is 17.0 Å². The summed E-state index contributed by atoms with van der Waals surface area (Å²) in [5.41, 5.74) is 0. The summed E-state index contributed by atoms with van der Waals surface area (Å²) in [6.45, 7) is 6.11. The molecule has 0 N–H and O–H groups in total. The van der Waals surface area contributed by atoms with E-state index in [0.29, 0.717) is 0 Å². The summed E-state index contributed by atoms with van der Waals surface area (Å²) in [6, 6.07) is 0. The largest absolute Gasteiger partial charge is 2.00 e. The van der Waals surface area contributed by atoms with E-state index in [-0.39, 0.29) is 40.0 Å². The molecule has 0 heterocycles. The van der Waals surface area contributed by atoms with Crippen LogP contribution in [0, 0.1) is 6.92 Å². The summed E-state index contributed by atoms with van der Waals surface area (Å²) >= 11 is 0. The molecule has 0 nitrogen and oxygen atoms in total. The normalized spacial score (nSPS) is 11.1. The van der Waals surface area contributed by atoms with Gasteiger partial charge in [-0.25, -0.2) is 0 Å². The molecule has 0 spiro atoms. The molecule has 0 saturated carbocycles. The van der Waals surface area contributed by atoms with Gasteiger partial charge in [0.1, 0.15) is 0 Å². The minimum Gasteiger partial charge on any atom is -1.00 e. The van der Waals surface area contributed by atoms with Crippen LogP contribution in [-0.2, 0) is 0 Å². The standard InChI is InChI=1S/C19H33.BrH.Mg/c1-3-5-7-9-11-13-15-17-19-18-16-14-12-10-8-6-4-2;;/h13-16,18-19H,1,3-12,17H2,2H3;1H;/q-1;;+2/p-1/b15-13-,16-14+,19-18-;;. The van der Waals surface area contributed by atoms with Gasteiger partial charge in [-0.15, -0.1) is 0 Å². The van der Waals surface area contributed by atoms with E-state index in [1.807, 2.05) is 0 Å². The van der Waals surface area contributed by atoms with Crippen LogP contribution in [0.5, 0.6) is 0 Å². The van der Waals surface area contributed by atoms with Gasteiger partial charge in [-0.05, 0) is 32.1 Å². The maximum absolute atomic E-state index is 3.86. The predicted octanol–water partition coefficient (Wildman–Crippen LogP) is 3.42. The molecule has 0 amide bonds. The van der Waals surface area contributed by atoms with Crippen molar-refractivity contribution in [2.75, 3.05) is 0 Å². The number of allylic oxidation sites excluding steroid dienone is 6. The van der Waals surface area contributed by atoms with Gasteiger partial charge in [0.05, 0.1) is 0 Å². The number of hydrogen-bond acceptors (Lipinski definition) is 0. The molecule has 0 aromatic carbocycles. The van der Waals surface area contributed by atoms with Gasteiger partial charge in [-0.1, -0.05) is 75.5 Å². The maximum Gasteiger partial charge on any atom is 2.00 e. The van der Waals surface area contributed by atoms with Crippen molar-refractivity contribution in [1.29, 1.82) is 0 Å². The van der Waals surface area contributed by atoms with Crippen LogP contribution in [0.2, 0.25) is 0 Å². The Morgan fingerprint density at radius 2 is 1.33 bits per heavy atom. The van der Waals surface area contributed by atoms with E-state index in [2.05, 4.69) is 50.3 Å². The van der Waals surface area contributed by atoms with Crippen molar-refractivity contribution in [3.8, 4) is 0 Å². The van der Waals surface area contributed by atoms with Crippen LogP contribution >= 0.6 is 0 Å². The predicted molar refractivity (Wildman–Crippen MR) is 95.0 cm³/mol. The Morgan fingerprint density at radius 1 is 0.714 bits per heavy atom. The van der Waals surface area contributed by atoms with Crippen molar-refractivity contribution in [3.63, 3.8) is 0 Å². The van der Waals surface area contributed by atoms with Crippen LogP contribution in [-0.4, -0.2) is 23.1 Å². The van der Waals surface area contributed by atoms with Gasteiger partial charge in [0, 0.05) is 0 Å². The second-order valence-corrected chi connectivity index (χ2v) is 5.12. The van der Waals surface area contributed by atoms with E-state index in [1.54, 1.807) is 0 Å². The van der Waals surface area contributed by atoms with Crippen LogP contribution < -0.4 is 17.0 Å². The van der Waals surface area contributed by atoms with E-state index in [4.69, 9.17) is 0 Å². The first kappa shape index (κ1) is 26.4. The maximum atomic E-state index is 3.86. The molecular weight excluding hydrogens is 332 g/mol. The molecule has 118 valence electrons. The van der Waals surface area contributed by atoms with Crippen LogP contribution in [0.3, 0.4) is 0 Å². The molecule has 21 heavy (non-hydrogen) atoms. The third-order valence-corrected chi connectivity index (χ3v) is 3.17. The molecule has 0 radical (unpaired) electrons. The number of hydrogen-bond donors (Lipinski definition) is 0. The van der Waals surface area contributed by atoms with Gasteiger partial charge >= 0.3 is 23.1 Å². The SMILES string of the molecule is [Br-].[CH2-]CCCCC/C=C\C/C=C\C=C\CCCCCC.[Mg+2]. The minimum atomic E-state index is 0. The number of rotatable bonds is 13. The summed E-state index contributed by atoms with van der Waals surface area (Å²) in [5.74, 6) is 0. The average Bonchev–Trinajstić information content (AvgIpc) is 2.43. The second-order valence-electron chi connectivity index (χ2n) is 5.12. The van der Waals surface area contributed by atoms with Gasteiger partial charge in [-0.3, -0.25) is 0 Å². The Bertz CT molecular complexity index is 244. The molecule has 0 bridgehead atoms. The molecule has 0 aliphatic rings. The van der Waals surface area contributed by atoms with Crippen LogP contribution in [0.25, 0.3) is 0 Å². The first-order valence-corrected chi connectivity index (χ1v) is 8.17. The van der Waals surface area contributed by atoms with E-state index in [9.17, 15) is 0 Å². The zero-order valence-electron chi connectivity index (χ0n) is 14.0. The molecule has 0 atom stereocenters. The fourth-order valence-corrected chi connectivity index (χ4v) is 1.93. The third-order valence-electron chi connectivity index (χ3n) is 3.17. The fraction of sp³-hybridized carbons (Fsp3) is 0.632. The van der Waals surface area contributed by atoms with E-state index in [0.717, 1.165) is 12.8 Å². The van der Waals surface area contributed by atoms with Gasteiger partial charge < -0.3 is 23.9 Å². The molecule has 0 aliphatic heterocycles. The van der Waals surface area contributed by atoms with Crippen LogP contribution in [0.1, 0.15) is 77.6 Å². The van der Waals surface area contributed by atoms with Gasteiger partial charge in [0.25, 0.3) is 0 Å². The quantitative estimate of drug-likeness (QED) is 0.154. The molecule has 0 fully saturated rings. The third kappa shape index (κ3) is 25.7. The first-order chi connectivity index (χ1) is 9.41. The molecular formula is C19H33BrMg. The van der Waals surface area contributed by atoms with Crippen molar-refractivity contribution in [1.82, 2.24) is 0 Å². The topological polar surface area (TPSA) is 0 Å². The molecule has 0 unspecified atom stereocenters. The Balaban J connectivity index is -0.00000162. The summed E-state index contributed by atoms with van der Waals surface area (Å²) in [7, 11) is 0. The monoisotopic (exact) mass is 364 g/mol. The van der Waals surface area contributed by atoms with Crippen molar-refractivity contribution in [2.24, 2.45) is 0 Å². The number of unbranched alkanes of at least 4 members (excludes halogenated alkanes) is 8. The smallest absolute Gasteiger partial charge is 1.00 e. The summed E-state index contributed by atoms with van der Waals surface area (Å²) in [5, 5.41) is 0. The average molecular weight is 366 g/mol. The van der Waals surface area contributed by atoms with Gasteiger partial charge in [-0.2, -0.15) is 6.42 Å². The van der Waals surface area contributed by atoms with E-state index >= 15 is 0 Å². The molecule has 0 saturated heterocycles. The summed E-state index contributed by atoms with van der Waals surface area (Å²) in [6.07, 6.45) is 27.4. The Morgan fingerprint density at radius 3 is 2.00 bits per heavy atom. The first-order valence-electron chi connectivity index (χ1n) is 8.17. The van der Waals surface area contributed by atoms with Crippen LogP contribution in [0.4, 0.5) is 0 Å². The molecule has 0 aromatic heterocycles. The molecule has 0 rings (SSSR count). The number of halogens is 1. The Kier molecular flexibility index (Phi) is 31.9. The molecule has 0 aliphatic carbocycles. The summed E-state index contributed by atoms with van der Waals surface area (Å²) in [4.78, 5) is 0. The van der Waals surface area contributed by atoms with Crippen molar-refractivity contribution in [2.45, 2.75) is 77.6 Å². The van der Waals surface area contributed by atoms with Gasteiger partial charge in [0.2, 0.25) is 0 Å². The van der Waals surface area contributed by atoms with E-state index in [1.165, 1.54) is 57.8 Å². The van der Waals surface area contributed by atoms with Crippen molar-refractivity contribution >= 4 is 23.1 Å². The Hall–Kier alpha value is 0.466. The zero-order chi connectivity index (χ0) is 14.0. The molecule has 0 aromatic rings. The summed E-state index contributed by atoms with van der Waals surface area (Å²) < 4.78 is 0. The second kappa shape index (κ2) is 25.4.